The van der Waals surface area contributed by atoms with E-state index >= 15 is 0 Å². The fourth-order valence-corrected chi connectivity index (χ4v) is 5.90. The number of esters is 1. The van der Waals surface area contributed by atoms with E-state index in [0.29, 0.717) is 13.0 Å². The third kappa shape index (κ3) is 37.8. The first-order valence-corrected chi connectivity index (χ1v) is 21.8. The maximum atomic E-state index is 12.6. The lowest BCUT2D eigenvalue weighted by atomic mass is 10.1. The second-order valence-electron chi connectivity index (χ2n) is 13.4. The van der Waals surface area contributed by atoms with Crippen molar-refractivity contribution in [3.05, 3.63) is 60.8 Å². The van der Waals surface area contributed by atoms with Gasteiger partial charge in [-0.15, -0.1) is 0 Å². The zero-order valence-electron chi connectivity index (χ0n) is 33.1. The van der Waals surface area contributed by atoms with Crippen LogP contribution < -0.4 is 5.73 Å². The molecule has 0 saturated heterocycles. The molecule has 0 rings (SSSR count). The van der Waals surface area contributed by atoms with E-state index < -0.39 is 45.1 Å². The van der Waals surface area contributed by atoms with Crippen molar-refractivity contribution in [1.82, 2.24) is 0 Å². The van der Waals surface area contributed by atoms with Crippen LogP contribution in [0.4, 0.5) is 0 Å². The van der Waals surface area contributed by atoms with Crippen molar-refractivity contribution in [2.24, 2.45) is 5.73 Å². The molecule has 0 aromatic heterocycles. The van der Waals surface area contributed by atoms with Gasteiger partial charge < -0.3 is 25.2 Å². The summed E-state index contributed by atoms with van der Waals surface area (Å²) < 4.78 is 33.2. The van der Waals surface area contributed by atoms with E-state index in [0.717, 1.165) is 70.6 Å². The van der Waals surface area contributed by atoms with Crippen LogP contribution in [0.2, 0.25) is 0 Å². The van der Waals surface area contributed by atoms with Crippen molar-refractivity contribution < 1.29 is 42.7 Å². The van der Waals surface area contributed by atoms with E-state index in [1.165, 1.54) is 57.8 Å². The van der Waals surface area contributed by atoms with Crippen molar-refractivity contribution in [3.63, 3.8) is 0 Å². The molecule has 306 valence electrons. The first-order valence-electron chi connectivity index (χ1n) is 20.3. The summed E-state index contributed by atoms with van der Waals surface area (Å²) in [6, 6.07) is -1.48. The maximum absolute atomic E-state index is 12.6. The van der Waals surface area contributed by atoms with Gasteiger partial charge >= 0.3 is 19.8 Å². The highest BCUT2D eigenvalue weighted by atomic mass is 31.2. The number of hydrogen-bond donors (Lipinski definition) is 3. The molecule has 3 unspecified atom stereocenters. The Kier molecular flexibility index (Phi) is 36.3. The Labute approximate surface area is 322 Å². The predicted molar refractivity (Wildman–Crippen MR) is 217 cm³/mol. The van der Waals surface area contributed by atoms with Crippen LogP contribution >= 0.6 is 7.82 Å². The van der Waals surface area contributed by atoms with Crippen molar-refractivity contribution >= 4 is 19.8 Å². The van der Waals surface area contributed by atoms with E-state index in [2.05, 4.69) is 74.6 Å². The molecule has 0 bridgehead atoms. The molecule has 0 amide bonds. The second kappa shape index (κ2) is 38.0. The lowest BCUT2D eigenvalue weighted by Gasteiger charge is -2.20. The number of ether oxygens (including phenoxy) is 2. The monoisotopic (exact) mass is 768 g/mol. The number of phosphoric acid groups is 1. The highest BCUT2D eigenvalue weighted by molar-refractivity contribution is 7.47. The zero-order chi connectivity index (χ0) is 39.1. The first-order chi connectivity index (χ1) is 25.7. The number of carboxylic acids is 1. The van der Waals surface area contributed by atoms with Gasteiger partial charge in [-0.2, -0.15) is 0 Å². The van der Waals surface area contributed by atoms with E-state index in [4.69, 9.17) is 29.4 Å². The van der Waals surface area contributed by atoms with Gasteiger partial charge in [0.2, 0.25) is 0 Å². The van der Waals surface area contributed by atoms with Crippen LogP contribution in [0.15, 0.2) is 60.8 Å². The Morgan fingerprint density at radius 1 is 0.623 bits per heavy atom. The Bertz CT molecular complexity index is 1070. The highest BCUT2D eigenvalue weighted by Gasteiger charge is 2.27. The van der Waals surface area contributed by atoms with E-state index in [9.17, 15) is 19.0 Å². The summed E-state index contributed by atoms with van der Waals surface area (Å²) in [5, 5.41) is 8.88. The summed E-state index contributed by atoms with van der Waals surface area (Å²) in [4.78, 5) is 33.4. The Morgan fingerprint density at radius 2 is 1.09 bits per heavy atom. The molecule has 0 spiro atoms. The van der Waals surface area contributed by atoms with Crippen LogP contribution in [0.1, 0.15) is 155 Å². The summed E-state index contributed by atoms with van der Waals surface area (Å²) in [7, 11) is -4.62. The van der Waals surface area contributed by atoms with Gasteiger partial charge in [-0.25, -0.2) is 4.57 Å². The molecule has 0 aromatic carbocycles. The van der Waals surface area contributed by atoms with Gasteiger partial charge in [-0.1, -0.05) is 132 Å². The van der Waals surface area contributed by atoms with E-state index in [-0.39, 0.29) is 13.0 Å². The average molecular weight is 768 g/mol. The molecule has 3 atom stereocenters. The molecule has 53 heavy (non-hydrogen) atoms. The molecule has 0 saturated carbocycles. The summed E-state index contributed by atoms with van der Waals surface area (Å²) in [5.41, 5.74) is 5.34. The number of phosphoric ester groups is 1. The number of carbonyl (C=O) groups excluding carboxylic acids is 1. The number of rotatable bonds is 38. The number of aliphatic carboxylic acids is 1. The molecular formula is C42H74NO9P. The van der Waals surface area contributed by atoms with Gasteiger partial charge in [-0.3, -0.25) is 18.6 Å². The van der Waals surface area contributed by atoms with Gasteiger partial charge in [0.05, 0.1) is 19.8 Å². The molecule has 10 nitrogen and oxygen atoms in total. The minimum absolute atomic E-state index is 0.00178. The predicted octanol–water partition coefficient (Wildman–Crippen LogP) is 10.9. The Balaban J connectivity index is 4.31. The van der Waals surface area contributed by atoms with Crippen molar-refractivity contribution in [2.75, 3.05) is 26.4 Å². The molecule has 0 radical (unpaired) electrons. The molecule has 11 heteroatoms. The number of allylic oxidation sites excluding steroid dienone is 10. The number of hydrogen-bond acceptors (Lipinski definition) is 8. The number of carboxylic acid groups (broad SMARTS) is 1. The number of unbranched alkanes of at least 4 members (excludes halogenated alkanes) is 14. The maximum Gasteiger partial charge on any atom is 0.472 e. The quantitative estimate of drug-likeness (QED) is 0.0239. The average Bonchev–Trinajstić information content (AvgIpc) is 3.13. The van der Waals surface area contributed by atoms with E-state index in [1.54, 1.807) is 0 Å². The smallest absolute Gasteiger partial charge is 0.472 e. The number of nitrogens with two attached hydrogens (primary N) is 1. The second-order valence-corrected chi connectivity index (χ2v) is 14.8. The largest absolute Gasteiger partial charge is 0.480 e. The van der Waals surface area contributed by atoms with Crippen molar-refractivity contribution in [1.29, 1.82) is 0 Å². The van der Waals surface area contributed by atoms with Crippen LogP contribution in [-0.4, -0.2) is 60.5 Å². The van der Waals surface area contributed by atoms with Crippen LogP contribution in [-0.2, 0) is 32.7 Å². The van der Waals surface area contributed by atoms with Gasteiger partial charge in [0.25, 0.3) is 0 Å². The molecule has 0 aliphatic rings. The third-order valence-corrected chi connectivity index (χ3v) is 9.23. The molecule has 0 aromatic rings. The fourth-order valence-electron chi connectivity index (χ4n) is 5.12. The Morgan fingerprint density at radius 3 is 1.64 bits per heavy atom. The number of carbonyl (C=O) groups is 2. The van der Waals surface area contributed by atoms with Gasteiger partial charge in [0.15, 0.2) is 0 Å². The summed E-state index contributed by atoms with van der Waals surface area (Å²) in [6.07, 6.45) is 44.2. The normalized spacial score (nSPS) is 14.6. The molecule has 0 heterocycles. The lowest BCUT2D eigenvalue weighted by Crippen LogP contribution is -2.34. The molecule has 0 aliphatic carbocycles. The molecule has 4 N–H and O–H groups in total. The first kappa shape index (κ1) is 50.7. The van der Waals surface area contributed by atoms with Gasteiger partial charge in [-0.05, 0) is 77.0 Å². The minimum Gasteiger partial charge on any atom is -0.480 e. The zero-order valence-corrected chi connectivity index (χ0v) is 34.0. The minimum atomic E-state index is -4.62. The van der Waals surface area contributed by atoms with E-state index in [1.807, 2.05) is 0 Å². The molecule has 0 fully saturated rings. The molecule has 0 aliphatic heterocycles. The summed E-state index contributed by atoms with van der Waals surface area (Å²) in [5.74, 6) is -1.82. The fraction of sp³-hybridized carbons (Fsp3) is 0.714. The van der Waals surface area contributed by atoms with Gasteiger partial charge in [0, 0.05) is 13.0 Å². The highest BCUT2D eigenvalue weighted by Crippen LogP contribution is 2.43. The summed E-state index contributed by atoms with van der Waals surface area (Å²) >= 11 is 0. The lowest BCUT2D eigenvalue weighted by molar-refractivity contribution is -0.154. The topological polar surface area (TPSA) is 155 Å². The third-order valence-electron chi connectivity index (χ3n) is 8.28. The SMILES string of the molecule is CC/C=C\C/C=C\C/C=C\CCCCCC(=O)OC(COCCCCCCCCCC/C=C\C/C=C\CCCCC)COP(=O)(O)OCC(N)C(=O)O. The van der Waals surface area contributed by atoms with Crippen LogP contribution in [0.5, 0.6) is 0 Å². The van der Waals surface area contributed by atoms with Crippen LogP contribution in [0.25, 0.3) is 0 Å². The molecular weight excluding hydrogens is 693 g/mol. The standard InChI is InChI=1S/C42H74NO9P/c1-3-5-7-9-11-13-15-17-18-19-20-21-23-25-27-29-31-33-35-49-36-39(37-50-53(47,48)51-38-40(43)42(45)46)52-41(44)34-32-30-28-26-24-22-16-14-12-10-8-6-4-2/h6,8,11-14,17-18,22,24,39-40H,3-5,7,9-10,15-16,19-21,23,25-38,43H2,1-2H3,(H,45,46)(H,47,48)/b8-6-,13-11-,14-12-,18-17-,24-22-. The van der Waals surface area contributed by atoms with Crippen LogP contribution in [0, 0.1) is 0 Å². The van der Waals surface area contributed by atoms with Crippen molar-refractivity contribution in [3.8, 4) is 0 Å². The van der Waals surface area contributed by atoms with Gasteiger partial charge in [0.1, 0.15) is 12.1 Å². The van der Waals surface area contributed by atoms with Crippen molar-refractivity contribution in [2.45, 2.75) is 167 Å². The Hall–Kier alpha value is -2.33. The van der Waals surface area contributed by atoms with Crippen LogP contribution in [0.3, 0.4) is 0 Å². The summed E-state index contributed by atoms with van der Waals surface area (Å²) in [6.45, 7) is 3.67.